The van der Waals surface area contributed by atoms with Gasteiger partial charge in [0.2, 0.25) is 6.43 Å². The molecule has 2 atom stereocenters. The first kappa shape index (κ1) is 19.2. The molecule has 142 valence electrons. The van der Waals surface area contributed by atoms with Gasteiger partial charge in [-0.15, -0.1) is 0 Å². The molecule has 2 aliphatic heterocycles. The summed E-state index contributed by atoms with van der Waals surface area (Å²) in [6.07, 6.45) is -0.891. The fraction of sp³-hybridized carbons (Fsp3) is 0.526. The normalized spacial score (nSPS) is 26.7. The average Bonchev–Trinajstić information content (AvgIpc) is 3.02. The van der Waals surface area contributed by atoms with E-state index in [1.807, 2.05) is 13.0 Å². The van der Waals surface area contributed by atoms with Crippen molar-refractivity contribution in [2.24, 2.45) is 4.99 Å². The monoisotopic (exact) mass is 383 g/mol. The molecule has 0 N–H and O–H groups in total. The molecule has 0 aromatic heterocycles. The van der Waals surface area contributed by atoms with Crippen LogP contribution in [0.15, 0.2) is 45.8 Å². The Labute approximate surface area is 152 Å². The van der Waals surface area contributed by atoms with E-state index in [2.05, 4.69) is 4.99 Å². The minimum atomic E-state index is -3.54. The van der Waals surface area contributed by atoms with Crippen molar-refractivity contribution >= 4 is 15.5 Å². The minimum Gasteiger partial charge on any atom is -0.374 e. The van der Waals surface area contributed by atoms with Crippen molar-refractivity contribution in [2.45, 2.75) is 55.3 Å². The number of benzene rings is 1. The summed E-state index contributed by atoms with van der Waals surface area (Å²) in [6, 6.07) is 6.91. The Morgan fingerprint density at radius 3 is 2.85 bits per heavy atom. The van der Waals surface area contributed by atoms with Crippen LogP contribution in [0.4, 0.5) is 8.78 Å². The zero-order valence-electron chi connectivity index (χ0n) is 14.9. The van der Waals surface area contributed by atoms with E-state index in [-0.39, 0.29) is 6.42 Å². The van der Waals surface area contributed by atoms with Crippen LogP contribution in [0.5, 0.6) is 0 Å². The molecule has 2 aliphatic rings. The molecule has 0 radical (unpaired) electrons. The molecule has 0 amide bonds. The maximum absolute atomic E-state index is 13.2. The maximum atomic E-state index is 13.2. The van der Waals surface area contributed by atoms with Crippen molar-refractivity contribution in [1.82, 2.24) is 0 Å². The van der Waals surface area contributed by atoms with E-state index in [4.69, 9.17) is 4.74 Å². The van der Waals surface area contributed by atoms with Crippen LogP contribution in [0.25, 0.3) is 0 Å². The summed E-state index contributed by atoms with van der Waals surface area (Å²) in [7, 11) is -3.54. The van der Waals surface area contributed by atoms with Crippen LogP contribution in [0.2, 0.25) is 0 Å². The minimum absolute atomic E-state index is 0.298. The molecule has 1 aromatic carbocycles. The van der Waals surface area contributed by atoms with E-state index >= 15 is 0 Å². The maximum Gasteiger partial charge on any atom is 0.244 e. The van der Waals surface area contributed by atoms with Crippen LogP contribution in [0, 0.1) is 6.92 Å². The summed E-state index contributed by atoms with van der Waals surface area (Å²) in [4.78, 5) is 4.44. The molecule has 1 aromatic rings. The average molecular weight is 383 g/mol. The standard InChI is InChI=1S/C19H23F2NO3S/c1-13-4-3-5-16(8-13)26(23,24)19(2)6-7-25-17(11-19)14-9-15(22-12-14)10-18(20)21/h3-5,8-9,17-18H,6-7,10-12H2,1-2H3. The lowest BCUT2D eigenvalue weighted by Crippen LogP contribution is -2.45. The van der Waals surface area contributed by atoms with Gasteiger partial charge in [0.15, 0.2) is 9.84 Å². The largest absolute Gasteiger partial charge is 0.374 e. The number of nitrogens with zero attached hydrogens (tertiary/aromatic N) is 1. The van der Waals surface area contributed by atoms with Gasteiger partial charge in [0.05, 0.1) is 28.7 Å². The van der Waals surface area contributed by atoms with Gasteiger partial charge in [0.25, 0.3) is 0 Å². The molecular formula is C19H23F2NO3S. The molecule has 1 fully saturated rings. The van der Waals surface area contributed by atoms with Crippen LogP contribution in [-0.4, -0.2) is 44.6 Å². The highest BCUT2D eigenvalue weighted by Crippen LogP contribution is 2.39. The Morgan fingerprint density at radius 1 is 1.38 bits per heavy atom. The molecule has 7 heteroatoms. The second-order valence-electron chi connectivity index (χ2n) is 7.21. The Morgan fingerprint density at radius 2 is 2.15 bits per heavy atom. The molecule has 0 aliphatic carbocycles. The molecule has 26 heavy (non-hydrogen) atoms. The van der Waals surface area contributed by atoms with Crippen LogP contribution in [0.3, 0.4) is 0 Å². The third-order valence-corrected chi connectivity index (χ3v) is 7.65. The van der Waals surface area contributed by atoms with E-state index in [0.717, 1.165) is 11.1 Å². The van der Waals surface area contributed by atoms with Gasteiger partial charge in [-0.1, -0.05) is 12.1 Å². The molecule has 4 nitrogen and oxygen atoms in total. The number of rotatable bonds is 5. The number of hydrogen-bond donors (Lipinski definition) is 0. The first-order valence-electron chi connectivity index (χ1n) is 8.66. The Balaban J connectivity index is 1.81. The smallest absolute Gasteiger partial charge is 0.244 e. The topological polar surface area (TPSA) is 55.7 Å². The number of aryl methyl sites for hydroxylation is 1. The zero-order valence-corrected chi connectivity index (χ0v) is 15.7. The number of hydrogen-bond acceptors (Lipinski definition) is 4. The molecule has 1 saturated heterocycles. The molecule has 0 spiro atoms. The summed E-state index contributed by atoms with van der Waals surface area (Å²) in [5.74, 6) is 0. The first-order chi connectivity index (χ1) is 12.2. The molecule has 0 bridgehead atoms. The number of alkyl halides is 2. The van der Waals surface area contributed by atoms with Crippen LogP contribution in [-0.2, 0) is 14.6 Å². The first-order valence-corrected chi connectivity index (χ1v) is 10.1. The summed E-state index contributed by atoms with van der Waals surface area (Å²) < 4.78 is 56.3. The van der Waals surface area contributed by atoms with E-state index in [1.54, 1.807) is 31.2 Å². The predicted molar refractivity (Wildman–Crippen MR) is 96.7 cm³/mol. The molecule has 2 heterocycles. The van der Waals surface area contributed by atoms with E-state index in [1.165, 1.54) is 0 Å². The highest BCUT2D eigenvalue weighted by Gasteiger charge is 2.45. The number of ether oxygens (including phenoxy) is 1. The summed E-state index contributed by atoms with van der Waals surface area (Å²) in [6.45, 7) is 4.22. The van der Waals surface area contributed by atoms with E-state index in [0.29, 0.717) is 36.6 Å². The fourth-order valence-corrected chi connectivity index (χ4v) is 5.38. The summed E-state index contributed by atoms with van der Waals surface area (Å²) in [5.41, 5.74) is 2.03. The third-order valence-electron chi connectivity index (χ3n) is 5.11. The molecular weight excluding hydrogens is 360 g/mol. The lowest BCUT2D eigenvalue weighted by atomic mass is 9.92. The van der Waals surface area contributed by atoms with Crippen LogP contribution >= 0.6 is 0 Å². The second-order valence-corrected chi connectivity index (χ2v) is 9.67. The number of aliphatic imine (C=N–C) groups is 1. The molecule has 0 saturated carbocycles. The van der Waals surface area contributed by atoms with Gasteiger partial charge in [-0.2, -0.15) is 0 Å². The van der Waals surface area contributed by atoms with Gasteiger partial charge >= 0.3 is 0 Å². The van der Waals surface area contributed by atoms with Gasteiger partial charge in [-0.3, -0.25) is 4.99 Å². The van der Waals surface area contributed by atoms with Crippen LogP contribution in [0.1, 0.15) is 31.7 Å². The lowest BCUT2D eigenvalue weighted by Gasteiger charge is -2.38. The van der Waals surface area contributed by atoms with Crippen molar-refractivity contribution in [3.05, 3.63) is 41.5 Å². The summed E-state index contributed by atoms with van der Waals surface area (Å²) >= 11 is 0. The van der Waals surface area contributed by atoms with Crippen LogP contribution < -0.4 is 0 Å². The number of sulfone groups is 1. The Hall–Kier alpha value is -1.60. The van der Waals surface area contributed by atoms with Crippen molar-refractivity contribution in [3.63, 3.8) is 0 Å². The lowest BCUT2D eigenvalue weighted by molar-refractivity contribution is 0.0236. The number of halogens is 2. The third kappa shape index (κ3) is 3.74. The van der Waals surface area contributed by atoms with Crippen molar-refractivity contribution in [2.75, 3.05) is 13.2 Å². The van der Waals surface area contributed by atoms with Gasteiger partial charge in [-0.05, 0) is 56.0 Å². The Kier molecular flexibility index (Phi) is 5.30. The van der Waals surface area contributed by atoms with E-state index < -0.39 is 27.1 Å². The second kappa shape index (κ2) is 7.19. The summed E-state index contributed by atoms with van der Waals surface area (Å²) in [5, 5.41) is 0. The van der Waals surface area contributed by atoms with Crippen molar-refractivity contribution in [1.29, 1.82) is 0 Å². The number of allylic oxidation sites excluding steroid dienone is 1. The van der Waals surface area contributed by atoms with Gasteiger partial charge in [0, 0.05) is 12.3 Å². The molecule has 3 rings (SSSR count). The highest BCUT2D eigenvalue weighted by molar-refractivity contribution is 7.92. The van der Waals surface area contributed by atoms with Gasteiger partial charge < -0.3 is 4.74 Å². The van der Waals surface area contributed by atoms with Gasteiger partial charge in [0.1, 0.15) is 0 Å². The van der Waals surface area contributed by atoms with Gasteiger partial charge in [-0.25, -0.2) is 17.2 Å². The SMILES string of the molecule is Cc1cccc(S(=O)(=O)C2(C)CCOC(C3=CC(CC(F)F)=NC3)C2)c1. The van der Waals surface area contributed by atoms with Crippen molar-refractivity contribution in [3.8, 4) is 0 Å². The predicted octanol–water partition coefficient (Wildman–Crippen LogP) is 3.74. The van der Waals surface area contributed by atoms with Crippen molar-refractivity contribution < 1.29 is 21.9 Å². The Bertz CT molecular complexity index is 848. The highest BCUT2D eigenvalue weighted by atomic mass is 32.2. The van der Waals surface area contributed by atoms with E-state index in [9.17, 15) is 17.2 Å². The fourth-order valence-electron chi connectivity index (χ4n) is 3.49. The zero-order chi connectivity index (χ0) is 18.9. The molecule has 2 unspecified atom stereocenters. The quantitative estimate of drug-likeness (QED) is 0.778.